The van der Waals surface area contributed by atoms with Crippen LogP contribution in [0.5, 0.6) is 0 Å². The Morgan fingerprint density at radius 1 is 1.73 bits per heavy atom. The van der Waals surface area contributed by atoms with Crippen LogP contribution in [0.15, 0.2) is 12.7 Å². The molecule has 1 N–H and O–H groups in total. The van der Waals surface area contributed by atoms with Crippen molar-refractivity contribution in [1.82, 2.24) is 0 Å². The average molecular weight is 154 g/mol. The van der Waals surface area contributed by atoms with Crippen LogP contribution in [0, 0.1) is 5.92 Å². The van der Waals surface area contributed by atoms with Gasteiger partial charge in [-0.1, -0.05) is 6.08 Å². The van der Waals surface area contributed by atoms with Gasteiger partial charge in [-0.25, -0.2) is 0 Å². The molecule has 62 valence electrons. The lowest BCUT2D eigenvalue weighted by Gasteiger charge is -2.28. The Bertz CT molecular complexity index is 178. The lowest BCUT2D eigenvalue weighted by atomic mass is 9.79. The molecular weight excluding hydrogens is 140 g/mol. The van der Waals surface area contributed by atoms with Crippen LogP contribution in [-0.4, -0.2) is 23.4 Å². The van der Waals surface area contributed by atoms with Crippen molar-refractivity contribution < 1.29 is 9.84 Å². The summed E-state index contributed by atoms with van der Waals surface area (Å²) in [5.74, 6) is 0.381. The number of rotatable bonds is 2. The molecule has 0 spiro atoms. The van der Waals surface area contributed by atoms with E-state index in [-0.39, 0.29) is 12.2 Å². The Labute approximate surface area is 66.9 Å². The van der Waals surface area contributed by atoms with Crippen molar-refractivity contribution in [2.75, 3.05) is 6.61 Å². The molecule has 0 aliphatic carbocycles. The molecule has 0 aromatic carbocycles. The molecule has 0 saturated carbocycles. The number of hydrogen-bond donors (Lipinski definition) is 1. The Hall–Kier alpha value is -0.340. The largest absolute Gasteiger partial charge is 0.393 e. The van der Waals surface area contributed by atoms with Crippen molar-refractivity contribution in [1.29, 1.82) is 0 Å². The molecule has 0 unspecified atom stereocenters. The zero-order valence-corrected chi connectivity index (χ0v) is 6.62. The second-order valence-corrected chi connectivity index (χ2v) is 3.58. The highest BCUT2D eigenvalue weighted by molar-refractivity contribution is 5.07. The van der Waals surface area contributed by atoms with Crippen LogP contribution in [0.1, 0.15) is 19.3 Å². The summed E-state index contributed by atoms with van der Waals surface area (Å²) in [6, 6.07) is 0. The Morgan fingerprint density at radius 2 is 2.55 bits per heavy atom. The highest BCUT2D eigenvalue weighted by Crippen LogP contribution is 2.47. The van der Waals surface area contributed by atoms with Crippen LogP contribution < -0.4 is 0 Å². The third-order valence-corrected chi connectivity index (χ3v) is 3.04. The van der Waals surface area contributed by atoms with Gasteiger partial charge in [0.1, 0.15) is 0 Å². The molecule has 0 aromatic heterocycles. The summed E-state index contributed by atoms with van der Waals surface area (Å²) in [5, 5.41) is 9.17. The van der Waals surface area contributed by atoms with Crippen molar-refractivity contribution in [3.8, 4) is 0 Å². The smallest absolute Gasteiger partial charge is 0.0979 e. The van der Waals surface area contributed by atoms with E-state index in [2.05, 4.69) is 6.58 Å². The lowest BCUT2D eigenvalue weighted by molar-refractivity contribution is -0.0405. The van der Waals surface area contributed by atoms with E-state index in [1.54, 1.807) is 0 Å². The van der Waals surface area contributed by atoms with E-state index in [9.17, 15) is 5.11 Å². The molecular formula is C9H14O2. The van der Waals surface area contributed by atoms with Crippen LogP contribution in [0.4, 0.5) is 0 Å². The maximum absolute atomic E-state index is 9.17. The molecule has 2 heteroatoms. The summed E-state index contributed by atoms with van der Waals surface area (Å²) in [7, 11) is 0. The summed E-state index contributed by atoms with van der Waals surface area (Å²) in [4.78, 5) is 0. The molecule has 2 rings (SSSR count). The maximum Gasteiger partial charge on any atom is 0.0979 e. The van der Waals surface area contributed by atoms with E-state index >= 15 is 0 Å². The van der Waals surface area contributed by atoms with E-state index in [4.69, 9.17) is 4.74 Å². The van der Waals surface area contributed by atoms with Crippen molar-refractivity contribution >= 4 is 0 Å². The summed E-state index contributed by atoms with van der Waals surface area (Å²) in [5.41, 5.74) is -0.244. The highest BCUT2D eigenvalue weighted by atomic mass is 16.5. The van der Waals surface area contributed by atoms with E-state index < -0.39 is 0 Å². The van der Waals surface area contributed by atoms with E-state index in [1.807, 2.05) is 6.08 Å². The standard InChI is InChI=1S/C9H14O2/c1-2-7-5-8-3-4-9(7,6-10)11-8/h2,7-8,10H,1,3-6H2/t7-,8-,9+/m1/s1. The molecule has 2 heterocycles. The number of aliphatic hydroxyl groups excluding tert-OH is 1. The summed E-state index contributed by atoms with van der Waals surface area (Å²) < 4.78 is 5.69. The average Bonchev–Trinajstić information content (AvgIpc) is 2.60. The Balaban J connectivity index is 2.21. The molecule has 2 saturated heterocycles. The zero-order valence-electron chi connectivity index (χ0n) is 6.62. The van der Waals surface area contributed by atoms with Crippen LogP contribution in [0.2, 0.25) is 0 Å². The quantitative estimate of drug-likeness (QED) is 0.603. The first-order chi connectivity index (χ1) is 5.30. The molecule has 0 amide bonds. The van der Waals surface area contributed by atoms with Gasteiger partial charge in [0.25, 0.3) is 0 Å². The fourth-order valence-electron chi connectivity index (χ4n) is 2.34. The Morgan fingerprint density at radius 3 is 3.00 bits per heavy atom. The van der Waals surface area contributed by atoms with Gasteiger partial charge in [0, 0.05) is 5.92 Å². The molecule has 2 bridgehead atoms. The molecule has 2 aliphatic heterocycles. The van der Waals surface area contributed by atoms with Gasteiger partial charge in [-0.05, 0) is 19.3 Å². The van der Waals surface area contributed by atoms with Gasteiger partial charge in [-0.3, -0.25) is 0 Å². The molecule has 2 nitrogen and oxygen atoms in total. The lowest BCUT2D eigenvalue weighted by Crippen LogP contribution is -2.36. The minimum Gasteiger partial charge on any atom is -0.393 e. The first kappa shape index (κ1) is 7.32. The normalized spacial score (nSPS) is 48.1. The van der Waals surface area contributed by atoms with Gasteiger partial charge in [-0.2, -0.15) is 0 Å². The predicted octanol–water partition coefficient (Wildman–Crippen LogP) is 1.10. The summed E-state index contributed by atoms with van der Waals surface area (Å²) >= 11 is 0. The maximum atomic E-state index is 9.17. The summed E-state index contributed by atoms with van der Waals surface area (Å²) in [6.45, 7) is 3.92. The minimum absolute atomic E-state index is 0.153. The van der Waals surface area contributed by atoms with Gasteiger partial charge in [-0.15, -0.1) is 6.58 Å². The number of fused-ring (bicyclic) bond motifs is 2. The molecule has 11 heavy (non-hydrogen) atoms. The number of ether oxygens (including phenoxy) is 1. The number of hydrogen-bond acceptors (Lipinski definition) is 2. The second-order valence-electron chi connectivity index (χ2n) is 3.58. The molecule has 2 fully saturated rings. The fourth-order valence-corrected chi connectivity index (χ4v) is 2.34. The van der Waals surface area contributed by atoms with E-state index in [0.717, 1.165) is 19.3 Å². The fraction of sp³-hybridized carbons (Fsp3) is 0.778. The minimum atomic E-state index is -0.244. The highest BCUT2D eigenvalue weighted by Gasteiger charge is 2.51. The van der Waals surface area contributed by atoms with Crippen molar-refractivity contribution in [2.45, 2.75) is 31.0 Å². The molecule has 0 radical (unpaired) electrons. The third kappa shape index (κ3) is 0.861. The predicted molar refractivity (Wildman–Crippen MR) is 42.2 cm³/mol. The monoisotopic (exact) mass is 154 g/mol. The van der Waals surface area contributed by atoms with Crippen LogP contribution in [0.25, 0.3) is 0 Å². The van der Waals surface area contributed by atoms with E-state index in [0.29, 0.717) is 12.0 Å². The molecule has 0 aromatic rings. The zero-order chi connectivity index (χ0) is 7.90. The SMILES string of the molecule is C=C[C@@H]1C[C@H]2CC[C@@]1(CO)O2. The summed E-state index contributed by atoms with van der Waals surface area (Å²) in [6.07, 6.45) is 5.50. The second kappa shape index (κ2) is 2.32. The van der Waals surface area contributed by atoms with Gasteiger partial charge in [0.05, 0.1) is 18.3 Å². The first-order valence-electron chi connectivity index (χ1n) is 4.22. The molecule has 3 atom stereocenters. The first-order valence-corrected chi connectivity index (χ1v) is 4.22. The van der Waals surface area contributed by atoms with Gasteiger partial charge in [0.15, 0.2) is 0 Å². The van der Waals surface area contributed by atoms with Crippen LogP contribution in [0.3, 0.4) is 0 Å². The third-order valence-electron chi connectivity index (χ3n) is 3.04. The van der Waals surface area contributed by atoms with Crippen LogP contribution in [-0.2, 0) is 4.74 Å². The van der Waals surface area contributed by atoms with Crippen LogP contribution >= 0.6 is 0 Å². The molecule has 2 aliphatic rings. The number of aliphatic hydroxyl groups is 1. The van der Waals surface area contributed by atoms with E-state index in [1.165, 1.54) is 0 Å². The van der Waals surface area contributed by atoms with Gasteiger partial charge < -0.3 is 9.84 Å². The van der Waals surface area contributed by atoms with Crippen molar-refractivity contribution in [3.05, 3.63) is 12.7 Å². The topological polar surface area (TPSA) is 29.5 Å². The van der Waals surface area contributed by atoms with Crippen molar-refractivity contribution in [3.63, 3.8) is 0 Å². The Kier molecular flexibility index (Phi) is 1.55. The van der Waals surface area contributed by atoms with Gasteiger partial charge in [0.2, 0.25) is 0 Å². The van der Waals surface area contributed by atoms with Crippen molar-refractivity contribution in [2.24, 2.45) is 5.92 Å². The van der Waals surface area contributed by atoms with Gasteiger partial charge >= 0.3 is 0 Å².